The van der Waals surface area contributed by atoms with Crippen molar-refractivity contribution in [3.63, 3.8) is 0 Å². The molecule has 0 bridgehead atoms. The molecule has 2 aromatic rings. The smallest absolute Gasteiger partial charge is 0.258 e. The highest BCUT2D eigenvalue weighted by Gasteiger charge is 2.44. The van der Waals surface area contributed by atoms with Gasteiger partial charge in [0, 0.05) is 49.1 Å². The Morgan fingerprint density at radius 2 is 1.96 bits per heavy atom. The van der Waals surface area contributed by atoms with Crippen LogP contribution < -0.4 is 5.32 Å². The first kappa shape index (κ1) is 16.1. The van der Waals surface area contributed by atoms with Gasteiger partial charge in [-0.1, -0.05) is 18.2 Å². The van der Waals surface area contributed by atoms with Gasteiger partial charge in [-0.25, -0.2) is 4.39 Å². The summed E-state index contributed by atoms with van der Waals surface area (Å²) in [6.45, 7) is 0.575. The molecule has 2 heterocycles. The minimum Gasteiger partial charge on any atom is -0.361 e. The van der Waals surface area contributed by atoms with Gasteiger partial charge in [-0.3, -0.25) is 9.59 Å². The van der Waals surface area contributed by atoms with Gasteiger partial charge in [-0.15, -0.1) is 0 Å². The number of carbonyl (C=O) groups excluding carboxylic acids is 2. The van der Waals surface area contributed by atoms with Crippen LogP contribution >= 0.6 is 0 Å². The summed E-state index contributed by atoms with van der Waals surface area (Å²) in [5.74, 6) is -0.520. The van der Waals surface area contributed by atoms with E-state index in [9.17, 15) is 14.0 Å². The molecule has 1 saturated carbocycles. The van der Waals surface area contributed by atoms with E-state index in [2.05, 4.69) is 10.3 Å². The van der Waals surface area contributed by atoms with E-state index in [1.165, 1.54) is 0 Å². The van der Waals surface area contributed by atoms with Crippen LogP contribution in [-0.4, -0.2) is 46.5 Å². The Morgan fingerprint density at radius 3 is 2.68 bits per heavy atom. The summed E-state index contributed by atoms with van der Waals surface area (Å²) in [4.78, 5) is 29.5. The van der Waals surface area contributed by atoms with Crippen LogP contribution in [0.4, 0.5) is 4.39 Å². The molecule has 0 atom stereocenters. The quantitative estimate of drug-likeness (QED) is 0.895. The first-order valence-electron chi connectivity index (χ1n) is 8.88. The Bertz CT molecular complexity index is 804. The number of H-pyrrole nitrogens is 1. The number of hydrogen-bond acceptors (Lipinski definition) is 2. The van der Waals surface area contributed by atoms with Gasteiger partial charge in [0.25, 0.3) is 5.91 Å². The zero-order valence-corrected chi connectivity index (χ0v) is 14.1. The van der Waals surface area contributed by atoms with Crippen molar-refractivity contribution in [3.8, 4) is 0 Å². The summed E-state index contributed by atoms with van der Waals surface area (Å²) in [6, 6.07) is 8.00. The average Bonchev–Trinajstić information content (AvgIpc) is 3.35. The topological polar surface area (TPSA) is 65.2 Å². The van der Waals surface area contributed by atoms with Gasteiger partial charge in [0.1, 0.15) is 0 Å². The minimum absolute atomic E-state index is 0.0191. The molecule has 1 aromatic carbocycles. The van der Waals surface area contributed by atoms with E-state index < -0.39 is 11.6 Å². The zero-order chi connectivity index (χ0) is 17.4. The molecule has 4 rings (SSSR count). The first-order chi connectivity index (χ1) is 12.0. The van der Waals surface area contributed by atoms with Crippen LogP contribution in [0, 0.1) is 0 Å². The molecule has 6 heteroatoms. The maximum Gasteiger partial charge on any atom is 0.258 e. The van der Waals surface area contributed by atoms with Crippen molar-refractivity contribution in [3.05, 3.63) is 36.0 Å². The van der Waals surface area contributed by atoms with Crippen LogP contribution in [0.1, 0.15) is 31.2 Å². The normalized spacial score (nSPS) is 19.8. The van der Waals surface area contributed by atoms with Crippen LogP contribution in [0.5, 0.6) is 0 Å². The molecule has 1 aromatic heterocycles. The van der Waals surface area contributed by atoms with Gasteiger partial charge in [0.2, 0.25) is 5.91 Å². The van der Waals surface area contributed by atoms with Crippen molar-refractivity contribution in [2.45, 2.75) is 43.8 Å². The van der Waals surface area contributed by atoms with Crippen LogP contribution in [0.15, 0.2) is 30.5 Å². The monoisotopic (exact) mass is 343 g/mol. The number of likely N-dealkylation sites (tertiary alicyclic amines) is 1. The second-order valence-electron chi connectivity index (χ2n) is 7.13. The number of carbonyl (C=O) groups is 2. The maximum atomic E-state index is 14.8. The van der Waals surface area contributed by atoms with Gasteiger partial charge in [-0.2, -0.15) is 0 Å². The number of hydrogen-bond donors (Lipinski definition) is 2. The number of halogens is 1. The third-order valence-electron chi connectivity index (χ3n) is 5.24. The Morgan fingerprint density at radius 1 is 1.24 bits per heavy atom. The molecule has 0 unspecified atom stereocenters. The predicted octanol–water partition coefficient (Wildman–Crippen LogP) is 2.32. The molecule has 5 nitrogen and oxygen atoms in total. The molecule has 132 valence electrons. The van der Waals surface area contributed by atoms with Gasteiger partial charge in [0.05, 0.1) is 6.42 Å². The number of fused-ring (bicyclic) bond motifs is 1. The number of nitrogens with one attached hydrogen (secondary N) is 2. The van der Waals surface area contributed by atoms with E-state index in [4.69, 9.17) is 0 Å². The van der Waals surface area contributed by atoms with Crippen LogP contribution in [0.2, 0.25) is 0 Å². The summed E-state index contributed by atoms with van der Waals surface area (Å²) in [6.07, 6.45) is 4.18. The van der Waals surface area contributed by atoms with Crippen LogP contribution in [0.3, 0.4) is 0 Å². The molecule has 0 spiro atoms. The Balaban J connectivity index is 1.37. The van der Waals surface area contributed by atoms with Gasteiger partial charge in [0.15, 0.2) is 5.67 Å². The molecule has 2 fully saturated rings. The lowest BCUT2D eigenvalue weighted by molar-refractivity contribution is -0.141. The second-order valence-corrected chi connectivity index (χ2v) is 7.13. The molecular weight excluding hydrogens is 321 g/mol. The summed E-state index contributed by atoms with van der Waals surface area (Å²) < 4.78 is 14.8. The third-order valence-corrected chi connectivity index (χ3v) is 5.24. The second kappa shape index (κ2) is 6.17. The standard InChI is InChI=1S/C19H22FN3O2/c20-19(18(25)22-14-5-6-14)7-9-23(10-8-19)17(24)11-13-12-21-16-4-2-1-3-15(13)16/h1-4,12,14,21H,5-11H2,(H,22,25). The number of nitrogens with zero attached hydrogens (tertiary/aromatic N) is 1. The third kappa shape index (κ3) is 3.25. The van der Waals surface area contributed by atoms with E-state index in [0.29, 0.717) is 0 Å². The van der Waals surface area contributed by atoms with Crippen molar-refractivity contribution in [2.24, 2.45) is 0 Å². The molecule has 2 N–H and O–H groups in total. The van der Waals surface area contributed by atoms with Crippen LogP contribution in [0.25, 0.3) is 10.9 Å². The van der Waals surface area contributed by atoms with Gasteiger partial charge < -0.3 is 15.2 Å². The molecule has 1 saturated heterocycles. The number of para-hydroxylation sites is 1. The maximum absolute atomic E-state index is 14.8. The summed E-state index contributed by atoms with van der Waals surface area (Å²) >= 11 is 0. The van der Waals surface area contributed by atoms with Crippen molar-refractivity contribution in [2.75, 3.05) is 13.1 Å². The molecule has 1 aliphatic carbocycles. The van der Waals surface area contributed by atoms with E-state index in [0.717, 1.165) is 29.3 Å². The first-order valence-corrected chi connectivity index (χ1v) is 8.88. The number of rotatable bonds is 4. The number of benzene rings is 1. The number of aromatic amines is 1. The van der Waals surface area contributed by atoms with E-state index >= 15 is 0 Å². The fourth-order valence-electron chi connectivity index (χ4n) is 3.43. The number of alkyl halides is 1. The predicted molar refractivity (Wildman–Crippen MR) is 92.8 cm³/mol. The molecule has 2 aliphatic rings. The number of amides is 2. The SMILES string of the molecule is O=C(Cc1c[nH]c2ccccc12)N1CCC(F)(C(=O)NC2CC2)CC1. The van der Waals surface area contributed by atoms with Crippen molar-refractivity contribution in [1.29, 1.82) is 0 Å². The van der Waals surface area contributed by atoms with Crippen molar-refractivity contribution < 1.29 is 14.0 Å². The van der Waals surface area contributed by atoms with Crippen molar-refractivity contribution >= 4 is 22.7 Å². The molecule has 25 heavy (non-hydrogen) atoms. The van der Waals surface area contributed by atoms with E-state index in [1.54, 1.807) is 4.90 Å². The molecule has 2 amide bonds. The fourth-order valence-corrected chi connectivity index (χ4v) is 3.43. The lowest BCUT2D eigenvalue weighted by atomic mass is 9.92. The van der Waals surface area contributed by atoms with E-state index in [-0.39, 0.29) is 44.3 Å². The number of aromatic nitrogens is 1. The molecular formula is C19H22FN3O2. The van der Waals surface area contributed by atoms with Gasteiger partial charge in [-0.05, 0) is 24.5 Å². The van der Waals surface area contributed by atoms with Crippen molar-refractivity contribution in [1.82, 2.24) is 15.2 Å². The number of piperidine rings is 1. The summed E-state index contributed by atoms with van der Waals surface area (Å²) in [5.41, 5.74) is 0.118. The highest BCUT2D eigenvalue weighted by Crippen LogP contribution is 2.29. The molecule has 1 aliphatic heterocycles. The Hall–Kier alpha value is -2.37. The van der Waals surface area contributed by atoms with Gasteiger partial charge >= 0.3 is 0 Å². The molecule has 0 radical (unpaired) electrons. The highest BCUT2D eigenvalue weighted by atomic mass is 19.1. The average molecular weight is 343 g/mol. The largest absolute Gasteiger partial charge is 0.361 e. The van der Waals surface area contributed by atoms with Crippen LogP contribution in [-0.2, 0) is 16.0 Å². The lowest BCUT2D eigenvalue weighted by Crippen LogP contribution is -2.52. The summed E-state index contributed by atoms with van der Waals surface area (Å²) in [7, 11) is 0. The lowest BCUT2D eigenvalue weighted by Gasteiger charge is -2.35. The Labute approximate surface area is 145 Å². The zero-order valence-electron chi connectivity index (χ0n) is 14.1. The highest BCUT2D eigenvalue weighted by molar-refractivity contribution is 5.89. The van der Waals surface area contributed by atoms with E-state index in [1.807, 2.05) is 30.5 Å². The fraction of sp³-hybridized carbons (Fsp3) is 0.474. The minimum atomic E-state index is -1.83. The Kier molecular flexibility index (Phi) is 3.98. The summed E-state index contributed by atoms with van der Waals surface area (Å²) in [5, 5.41) is 3.78.